The molecule has 0 aliphatic heterocycles. The second-order valence-corrected chi connectivity index (χ2v) is 4.91. The fourth-order valence-electron chi connectivity index (χ4n) is 2.26. The lowest BCUT2D eigenvalue weighted by Gasteiger charge is -1.99. The Morgan fingerprint density at radius 1 is 0.810 bits per heavy atom. The quantitative estimate of drug-likeness (QED) is 0.472. The van der Waals surface area contributed by atoms with E-state index < -0.39 is 0 Å². The van der Waals surface area contributed by atoms with E-state index in [1.54, 1.807) is 6.92 Å². The van der Waals surface area contributed by atoms with Crippen LogP contribution in [-0.2, 0) is 0 Å². The highest BCUT2D eigenvalue weighted by Crippen LogP contribution is 2.17. The SMILES string of the molecule is CC(=O)c1ccc(C#Cc2cccc3ccccc23)cc1. The third-order valence-electron chi connectivity index (χ3n) is 3.42. The molecule has 0 spiro atoms. The summed E-state index contributed by atoms with van der Waals surface area (Å²) < 4.78 is 0. The average molecular weight is 270 g/mol. The molecule has 1 heteroatoms. The summed E-state index contributed by atoms with van der Waals surface area (Å²) in [6.07, 6.45) is 0. The van der Waals surface area contributed by atoms with Gasteiger partial charge >= 0.3 is 0 Å². The van der Waals surface area contributed by atoms with Crippen molar-refractivity contribution < 1.29 is 4.79 Å². The van der Waals surface area contributed by atoms with Gasteiger partial charge in [0.2, 0.25) is 0 Å². The van der Waals surface area contributed by atoms with Gasteiger partial charge in [-0.2, -0.15) is 0 Å². The van der Waals surface area contributed by atoms with Gasteiger partial charge in [0.1, 0.15) is 0 Å². The Labute approximate surface area is 124 Å². The smallest absolute Gasteiger partial charge is 0.159 e. The third-order valence-corrected chi connectivity index (χ3v) is 3.42. The van der Waals surface area contributed by atoms with Gasteiger partial charge in [-0.3, -0.25) is 4.79 Å². The molecule has 0 radical (unpaired) electrons. The van der Waals surface area contributed by atoms with Crippen molar-refractivity contribution in [1.82, 2.24) is 0 Å². The van der Waals surface area contributed by atoms with Gasteiger partial charge in [0, 0.05) is 16.7 Å². The van der Waals surface area contributed by atoms with Crippen LogP contribution in [0, 0.1) is 11.8 Å². The maximum absolute atomic E-state index is 11.2. The molecule has 0 heterocycles. The molecule has 3 rings (SSSR count). The fraction of sp³-hybridized carbons (Fsp3) is 0.0500. The van der Waals surface area contributed by atoms with Crippen molar-refractivity contribution in [2.24, 2.45) is 0 Å². The third kappa shape index (κ3) is 2.85. The number of benzene rings is 3. The fourth-order valence-corrected chi connectivity index (χ4v) is 2.26. The van der Waals surface area contributed by atoms with Gasteiger partial charge in [-0.05, 0) is 35.9 Å². The molecule has 100 valence electrons. The van der Waals surface area contributed by atoms with E-state index in [9.17, 15) is 4.79 Å². The molecule has 0 aliphatic carbocycles. The van der Waals surface area contributed by atoms with Crippen molar-refractivity contribution in [1.29, 1.82) is 0 Å². The molecule has 0 saturated heterocycles. The van der Waals surface area contributed by atoms with Crippen LogP contribution >= 0.6 is 0 Å². The molecule has 1 nitrogen and oxygen atoms in total. The number of Topliss-reactive ketones (excluding diaryl/α,β-unsaturated/α-hetero) is 1. The molecule has 0 unspecified atom stereocenters. The van der Waals surface area contributed by atoms with Crippen molar-refractivity contribution in [3.63, 3.8) is 0 Å². The highest BCUT2D eigenvalue weighted by Gasteiger charge is 1.98. The average Bonchev–Trinajstić information content (AvgIpc) is 2.53. The number of rotatable bonds is 1. The Kier molecular flexibility index (Phi) is 3.53. The Bertz CT molecular complexity index is 856. The minimum absolute atomic E-state index is 0.0727. The summed E-state index contributed by atoms with van der Waals surface area (Å²) in [7, 11) is 0. The van der Waals surface area contributed by atoms with Crippen LogP contribution in [0.25, 0.3) is 10.8 Å². The predicted molar refractivity (Wildman–Crippen MR) is 86.4 cm³/mol. The van der Waals surface area contributed by atoms with E-state index in [1.165, 1.54) is 5.39 Å². The van der Waals surface area contributed by atoms with Gasteiger partial charge in [0.05, 0.1) is 0 Å². The summed E-state index contributed by atoms with van der Waals surface area (Å²) in [6, 6.07) is 21.7. The Balaban J connectivity index is 1.98. The number of carbonyl (C=O) groups excluding carboxylic acids is 1. The molecule has 0 bridgehead atoms. The summed E-state index contributed by atoms with van der Waals surface area (Å²) >= 11 is 0. The van der Waals surface area contributed by atoms with Crippen LogP contribution in [0.15, 0.2) is 66.7 Å². The molecule has 21 heavy (non-hydrogen) atoms. The Morgan fingerprint density at radius 3 is 2.29 bits per heavy atom. The zero-order valence-corrected chi connectivity index (χ0v) is 11.8. The molecular weight excluding hydrogens is 256 g/mol. The number of carbonyl (C=O) groups is 1. The first-order chi connectivity index (χ1) is 10.2. The van der Waals surface area contributed by atoms with Crippen molar-refractivity contribution in [2.45, 2.75) is 6.92 Å². The van der Waals surface area contributed by atoms with E-state index in [0.29, 0.717) is 5.56 Å². The predicted octanol–water partition coefficient (Wildman–Crippen LogP) is 4.44. The molecule has 0 fully saturated rings. The van der Waals surface area contributed by atoms with Gasteiger partial charge in [-0.1, -0.05) is 60.4 Å². The molecular formula is C20H14O. The standard InChI is InChI=1S/C20H14O/c1-15(21)17-12-9-16(10-13-17)11-14-19-7-4-6-18-5-2-3-8-20(18)19/h2-10,12-13H,1H3. The molecule has 0 amide bonds. The van der Waals surface area contributed by atoms with E-state index in [0.717, 1.165) is 16.5 Å². The summed E-state index contributed by atoms with van der Waals surface area (Å²) in [5, 5.41) is 2.35. The van der Waals surface area contributed by atoms with Crippen LogP contribution in [0.3, 0.4) is 0 Å². The number of fused-ring (bicyclic) bond motifs is 1. The normalized spacial score (nSPS) is 9.95. The maximum atomic E-state index is 11.2. The summed E-state index contributed by atoms with van der Waals surface area (Å²) in [4.78, 5) is 11.2. The van der Waals surface area contributed by atoms with Crippen molar-refractivity contribution in [2.75, 3.05) is 0 Å². The summed E-state index contributed by atoms with van der Waals surface area (Å²) in [5.74, 6) is 6.45. The zero-order chi connectivity index (χ0) is 14.7. The molecule has 3 aromatic rings. The van der Waals surface area contributed by atoms with Gasteiger partial charge in [-0.15, -0.1) is 0 Å². The summed E-state index contributed by atoms with van der Waals surface area (Å²) in [6.45, 7) is 1.57. The van der Waals surface area contributed by atoms with Gasteiger partial charge in [0.15, 0.2) is 5.78 Å². The molecule has 0 aromatic heterocycles. The second-order valence-electron chi connectivity index (χ2n) is 4.91. The first-order valence-electron chi connectivity index (χ1n) is 6.85. The van der Waals surface area contributed by atoms with Crippen molar-refractivity contribution in [3.05, 3.63) is 83.4 Å². The van der Waals surface area contributed by atoms with Gasteiger partial charge < -0.3 is 0 Å². The van der Waals surface area contributed by atoms with Gasteiger partial charge in [-0.25, -0.2) is 0 Å². The van der Waals surface area contributed by atoms with E-state index in [-0.39, 0.29) is 5.78 Å². The lowest BCUT2D eigenvalue weighted by Crippen LogP contribution is -1.90. The van der Waals surface area contributed by atoms with Crippen LogP contribution in [0.2, 0.25) is 0 Å². The molecule has 0 aliphatic rings. The monoisotopic (exact) mass is 270 g/mol. The highest BCUT2D eigenvalue weighted by molar-refractivity contribution is 5.94. The first kappa shape index (κ1) is 13.1. The van der Waals surface area contributed by atoms with E-state index in [4.69, 9.17) is 0 Å². The Hall–Kier alpha value is -2.85. The van der Waals surface area contributed by atoms with E-state index in [1.807, 2.05) is 48.5 Å². The molecule has 0 atom stereocenters. The van der Waals surface area contributed by atoms with Crippen molar-refractivity contribution >= 4 is 16.6 Å². The van der Waals surface area contributed by atoms with Crippen LogP contribution in [-0.4, -0.2) is 5.78 Å². The first-order valence-corrected chi connectivity index (χ1v) is 6.85. The number of hydrogen-bond donors (Lipinski definition) is 0. The van der Waals surface area contributed by atoms with Crippen molar-refractivity contribution in [3.8, 4) is 11.8 Å². The second kappa shape index (κ2) is 5.64. The zero-order valence-electron chi connectivity index (χ0n) is 11.8. The lowest BCUT2D eigenvalue weighted by atomic mass is 10.0. The maximum Gasteiger partial charge on any atom is 0.159 e. The topological polar surface area (TPSA) is 17.1 Å². The van der Waals surface area contributed by atoms with Crippen LogP contribution < -0.4 is 0 Å². The van der Waals surface area contributed by atoms with Crippen LogP contribution in [0.5, 0.6) is 0 Å². The van der Waals surface area contributed by atoms with Gasteiger partial charge in [0.25, 0.3) is 0 Å². The summed E-state index contributed by atoms with van der Waals surface area (Å²) in [5.41, 5.74) is 2.64. The van der Waals surface area contributed by atoms with E-state index >= 15 is 0 Å². The largest absolute Gasteiger partial charge is 0.295 e. The van der Waals surface area contributed by atoms with Crippen LogP contribution in [0.1, 0.15) is 28.4 Å². The molecule has 3 aromatic carbocycles. The minimum atomic E-state index is 0.0727. The van der Waals surface area contributed by atoms with E-state index in [2.05, 4.69) is 30.0 Å². The highest BCUT2D eigenvalue weighted by atomic mass is 16.1. The number of ketones is 1. The molecule has 0 saturated carbocycles. The van der Waals surface area contributed by atoms with Crippen LogP contribution in [0.4, 0.5) is 0 Å². The minimum Gasteiger partial charge on any atom is -0.295 e. The Morgan fingerprint density at radius 2 is 1.52 bits per heavy atom. The number of hydrogen-bond acceptors (Lipinski definition) is 1. The lowest BCUT2D eigenvalue weighted by molar-refractivity contribution is 0.101. The molecule has 0 N–H and O–H groups in total.